The average Bonchev–Trinajstić information content (AvgIpc) is 3.17. The second-order valence-electron chi connectivity index (χ2n) is 5.76. The molecular formula is C17H19N3O4. The molecule has 3 N–H and O–H groups in total. The summed E-state index contributed by atoms with van der Waals surface area (Å²) in [5, 5.41) is 2.69. The van der Waals surface area contributed by atoms with Crippen LogP contribution in [0.25, 0.3) is 0 Å². The minimum atomic E-state index is -1.15. The first-order valence-electron chi connectivity index (χ1n) is 7.67. The quantitative estimate of drug-likeness (QED) is 0.480. The number of rotatable bonds is 6. The van der Waals surface area contributed by atoms with Crippen LogP contribution < -0.4 is 15.8 Å². The summed E-state index contributed by atoms with van der Waals surface area (Å²) in [5.41, 5.74) is 5.12. The van der Waals surface area contributed by atoms with Gasteiger partial charge in [-0.05, 0) is 49.7 Å². The Labute approximate surface area is 139 Å². The van der Waals surface area contributed by atoms with E-state index in [0.717, 1.165) is 0 Å². The minimum Gasteiger partial charge on any atom is -0.494 e. The SMILES string of the molecule is CC1(c2ccco2)NC(=O)N(CCCOc2ccc(N)cc2)C1=O. The summed E-state index contributed by atoms with van der Waals surface area (Å²) in [6.07, 6.45) is 2.00. The molecule has 126 valence electrons. The predicted octanol–water partition coefficient (Wildman–Crippen LogP) is 2.10. The van der Waals surface area contributed by atoms with Crippen molar-refractivity contribution in [3.05, 3.63) is 48.4 Å². The van der Waals surface area contributed by atoms with Crippen LogP contribution in [0.1, 0.15) is 19.1 Å². The van der Waals surface area contributed by atoms with Gasteiger partial charge in [0.05, 0.1) is 12.9 Å². The summed E-state index contributed by atoms with van der Waals surface area (Å²) in [5.74, 6) is 0.790. The number of amides is 3. The Balaban J connectivity index is 1.55. The second kappa shape index (κ2) is 6.27. The van der Waals surface area contributed by atoms with Crippen LogP contribution in [0.5, 0.6) is 5.75 Å². The van der Waals surface area contributed by atoms with Gasteiger partial charge in [-0.25, -0.2) is 4.79 Å². The highest BCUT2D eigenvalue weighted by Crippen LogP contribution is 2.29. The summed E-state index contributed by atoms with van der Waals surface area (Å²) in [7, 11) is 0. The molecule has 24 heavy (non-hydrogen) atoms. The number of carbonyl (C=O) groups is 2. The normalized spacial score (nSPS) is 20.3. The van der Waals surface area contributed by atoms with E-state index in [4.69, 9.17) is 14.9 Å². The summed E-state index contributed by atoms with van der Waals surface area (Å²) in [6, 6.07) is 9.98. The fraction of sp³-hybridized carbons (Fsp3) is 0.294. The zero-order chi connectivity index (χ0) is 17.2. The van der Waals surface area contributed by atoms with E-state index in [-0.39, 0.29) is 12.5 Å². The zero-order valence-electron chi connectivity index (χ0n) is 13.3. The molecule has 1 aromatic heterocycles. The molecule has 1 saturated heterocycles. The molecule has 1 aromatic carbocycles. The third-order valence-corrected chi connectivity index (χ3v) is 3.96. The highest BCUT2D eigenvalue weighted by Gasteiger charge is 2.50. The number of ether oxygens (including phenoxy) is 1. The lowest BCUT2D eigenvalue weighted by molar-refractivity contribution is -0.131. The third-order valence-electron chi connectivity index (χ3n) is 3.96. The Bertz CT molecular complexity index is 727. The van der Waals surface area contributed by atoms with E-state index in [1.807, 2.05) is 0 Å². The van der Waals surface area contributed by atoms with E-state index in [1.165, 1.54) is 11.2 Å². The third kappa shape index (κ3) is 2.92. The van der Waals surface area contributed by atoms with Gasteiger partial charge in [-0.15, -0.1) is 0 Å². The molecule has 1 aliphatic heterocycles. The standard InChI is InChI=1S/C17H19N3O4/c1-17(14-4-2-10-24-14)15(21)20(16(22)19-17)9-3-11-23-13-7-5-12(18)6-8-13/h2,4-8,10H,3,9,11,18H2,1H3,(H,19,22). The first kappa shape index (κ1) is 15.9. The van der Waals surface area contributed by atoms with Crippen molar-refractivity contribution in [1.82, 2.24) is 10.2 Å². The fourth-order valence-electron chi connectivity index (χ4n) is 2.61. The van der Waals surface area contributed by atoms with E-state index < -0.39 is 11.6 Å². The molecule has 0 radical (unpaired) electrons. The lowest BCUT2D eigenvalue weighted by Gasteiger charge is -2.19. The monoisotopic (exact) mass is 329 g/mol. The Morgan fingerprint density at radius 3 is 2.67 bits per heavy atom. The number of hydrogen-bond acceptors (Lipinski definition) is 5. The molecule has 0 aliphatic carbocycles. The Morgan fingerprint density at radius 2 is 2.00 bits per heavy atom. The molecule has 3 rings (SSSR count). The number of furan rings is 1. The number of nitrogens with one attached hydrogen (secondary N) is 1. The zero-order valence-corrected chi connectivity index (χ0v) is 13.3. The van der Waals surface area contributed by atoms with E-state index in [0.29, 0.717) is 30.2 Å². The first-order chi connectivity index (χ1) is 11.5. The number of nitrogens with zero attached hydrogens (tertiary/aromatic N) is 1. The molecule has 3 amide bonds. The number of hydrogen-bond donors (Lipinski definition) is 2. The molecule has 2 heterocycles. The number of benzene rings is 1. The number of carbonyl (C=O) groups excluding carboxylic acids is 2. The van der Waals surface area contributed by atoms with Crippen LogP contribution >= 0.6 is 0 Å². The molecule has 1 aliphatic rings. The van der Waals surface area contributed by atoms with E-state index in [2.05, 4.69) is 5.32 Å². The van der Waals surface area contributed by atoms with Crippen LogP contribution in [-0.4, -0.2) is 30.0 Å². The van der Waals surface area contributed by atoms with Crippen LogP contribution in [0.3, 0.4) is 0 Å². The van der Waals surface area contributed by atoms with Gasteiger partial charge in [0, 0.05) is 12.2 Å². The molecule has 0 spiro atoms. The average molecular weight is 329 g/mol. The fourth-order valence-corrected chi connectivity index (χ4v) is 2.61. The van der Waals surface area contributed by atoms with Gasteiger partial charge in [0.15, 0.2) is 5.54 Å². The van der Waals surface area contributed by atoms with Gasteiger partial charge < -0.3 is 20.2 Å². The Kier molecular flexibility index (Phi) is 4.16. The molecule has 1 unspecified atom stereocenters. The largest absolute Gasteiger partial charge is 0.494 e. The lowest BCUT2D eigenvalue weighted by Crippen LogP contribution is -2.40. The van der Waals surface area contributed by atoms with Crippen LogP contribution in [0.2, 0.25) is 0 Å². The van der Waals surface area contributed by atoms with Gasteiger partial charge in [-0.2, -0.15) is 0 Å². The lowest BCUT2D eigenvalue weighted by atomic mass is 9.99. The van der Waals surface area contributed by atoms with Crippen molar-refractivity contribution in [1.29, 1.82) is 0 Å². The number of nitrogens with two attached hydrogens (primary N) is 1. The second-order valence-corrected chi connectivity index (χ2v) is 5.76. The van der Waals surface area contributed by atoms with Crippen molar-refractivity contribution in [2.45, 2.75) is 18.9 Å². The number of nitrogen functional groups attached to an aromatic ring is 1. The van der Waals surface area contributed by atoms with Crippen molar-refractivity contribution in [2.24, 2.45) is 0 Å². The summed E-state index contributed by atoms with van der Waals surface area (Å²) in [4.78, 5) is 25.8. The maximum atomic E-state index is 12.6. The van der Waals surface area contributed by atoms with Gasteiger partial charge in [0.1, 0.15) is 11.5 Å². The smallest absolute Gasteiger partial charge is 0.325 e. The van der Waals surface area contributed by atoms with Gasteiger partial charge >= 0.3 is 6.03 Å². The molecular weight excluding hydrogens is 310 g/mol. The van der Waals surface area contributed by atoms with E-state index >= 15 is 0 Å². The van der Waals surface area contributed by atoms with E-state index in [1.54, 1.807) is 43.3 Å². The topological polar surface area (TPSA) is 97.8 Å². The molecule has 0 saturated carbocycles. The summed E-state index contributed by atoms with van der Waals surface area (Å²) in [6.45, 7) is 2.30. The minimum absolute atomic E-state index is 0.274. The van der Waals surface area contributed by atoms with Gasteiger partial charge in [0.2, 0.25) is 0 Å². The van der Waals surface area contributed by atoms with Crippen LogP contribution in [0.15, 0.2) is 47.1 Å². The van der Waals surface area contributed by atoms with Gasteiger partial charge in [-0.3, -0.25) is 9.69 Å². The highest BCUT2D eigenvalue weighted by atomic mass is 16.5. The maximum Gasteiger partial charge on any atom is 0.325 e. The van der Waals surface area contributed by atoms with Crippen molar-refractivity contribution in [2.75, 3.05) is 18.9 Å². The van der Waals surface area contributed by atoms with Crippen LogP contribution in [-0.2, 0) is 10.3 Å². The number of anilines is 1. The molecule has 1 fully saturated rings. The van der Waals surface area contributed by atoms with Crippen molar-refractivity contribution in [3.63, 3.8) is 0 Å². The van der Waals surface area contributed by atoms with E-state index in [9.17, 15) is 9.59 Å². The molecule has 7 heteroatoms. The first-order valence-corrected chi connectivity index (χ1v) is 7.67. The predicted molar refractivity (Wildman–Crippen MR) is 87.3 cm³/mol. The number of urea groups is 1. The summed E-state index contributed by atoms with van der Waals surface area (Å²) < 4.78 is 10.9. The molecule has 1 atom stereocenters. The molecule has 2 aromatic rings. The van der Waals surface area contributed by atoms with Gasteiger partial charge in [0.25, 0.3) is 5.91 Å². The Morgan fingerprint density at radius 1 is 1.25 bits per heavy atom. The maximum absolute atomic E-state index is 12.6. The van der Waals surface area contributed by atoms with Gasteiger partial charge in [-0.1, -0.05) is 0 Å². The van der Waals surface area contributed by atoms with Crippen molar-refractivity contribution < 1.29 is 18.7 Å². The molecule has 0 bridgehead atoms. The Hall–Kier alpha value is -2.96. The van der Waals surface area contributed by atoms with Crippen molar-refractivity contribution >= 4 is 17.6 Å². The van der Waals surface area contributed by atoms with Crippen LogP contribution in [0.4, 0.5) is 10.5 Å². The highest BCUT2D eigenvalue weighted by molar-refractivity contribution is 6.06. The van der Waals surface area contributed by atoms with Crippen molar-refractivity contribution in [3.8, 4) is 5.75 Å². The number of imide groups is 1. The molecule has 7 nitrogen and oxygen atoms in total. The summed E-state index contributed by atoms with van der Waals surface area (Å²) >= 11 is 0. The van der Waals surface area contributed by atoms with Crippen LogP contribution in [0, 0.1) is 0 Å².